The van der Waals surface area contributed by atoms with Gasteiger partial charge >= 0.3 is 6.16 Å². The van der Waals surface area contributed by atoms with E-state index in [0.717, 1.165) is 25.9 Å². The second kappa shape index (κ2) is 5.95. The van der Waals surface area contributed by atoms with Gasteiger partial charge in [-0.2, -0.15) is 8.78 Å². The summed E-state index contributed by atoms with van der Waals surface area (Å²) in [6.45, 7) is 2.20. The SMILES string of the molecule is O=C(Oc1c(F)c(F)c(F)c(F)c1F)OC1CN2CCC1CC2. The van der Waals surface area contributed by atoms with Crippen molar-refractivity contribution in [2.45, 2.75) is 18.9 Å². The van der Waals surface area contributed by atoms with E-state index in [9.17, 15) is 26.7 Å². The number of benzene rings is 1. The Morgan fingerprint density at radius 1 is 0.913 bits per heavy atom. The van der Waals surface area contributed by atoms with Crippen LogP contribution in [-0.4, -0.2) is 36.8 Å². The third-order valence-corrected chi connectivity index (χ3v) is 4.20. The van der Waals surface area contributed by atoms with Gasteiger partial charge in [-0.15, -0.1) is 0 Å². The van der Waals surface area contributed by atoms with Gasteiger partial charge in [-0.05, 0) is 31.8 Å². The molecule has 3 aliphatic rings. The normalized spacial score (nSPS) is 26.2. The average molecular weight is 337 g/mol. The van der Waals surface area contributed by atoms with E-state index in [2.05, 4.69) is 9.64 Å². The average Bonchev–Trinajstić information content (AvgIpc) is 2.56. The fourth-order valence-corrected chi connectivity index (χ4v) is 2.95. The van der Waals surface area contributed by atoms with Gasteiger partial charge in [-0.3, -0.25) is 4.90 Å². The van der Waals surface area contributed by atoms with Crippen LogP contribution in [0.1, 0.15) is 12.8 Å². The highest BCUT2D eigenvalue weighted by Gasteiger charge is 2.37. The van der Waals surface area contributed by atoms with Crippen LogP contribution in [0.5, 0.6) is 5.75 Å². The van der Waals surface area contributed by atoms with Crippen molar-refractivity contribution in [1.82, 2.24) is 4.90 Å². The Morgan fingerprint density at radius 2 is 1.43 bits per heavy atom. The summed E-state index contributed by atoms with van der Waals surface area (Å²) in [5.41, 5.74) is 0. The maximum absolute atomic E-state index is 13.4. The number of hydrogen-bond acceptors (Lipinski definition) is 4. The van der Waals surface area contributed by atoms with Crippen LogP contribution in [0.4, 0.5) is 26.7 Å². The fourth-order valence-electron chi connectivity index (χ4n) is 2.95. The molecule has 0 aromatic heterocycles. The summed E-state index contributed by atoms with van der Waals surface area (Å²) >= 11 is 0. The van der Waals surface area contributed by atoms with Crippen molar-refractivity contribution in [3.05, 3.63) is 29.1 Å². The summed E-state index contributed by atoms with van der Waals surface area (Å²) in [6.07, 6.45) is -0.403. The second-order valence-electron chi connectivity index (χ2n) is 5.55. The van der Waals surface area contributed by atoms with Gasteiger partial charge in [0.1, 0.15) is 6.10 Å². The molecular weight excluding hydrogens is 325 g/mol. The van der Waals surface area contributed by atoms with E-state index in [0.29, 0.717) is 6.54 Å². The molecular formula is C14H12F5NO3. The highest BCUT2D eigenvalue weighted by Crippen LogP contribution is 2.32. The quantitative estimate of drug-likeness (QED) is 0.273. The topological polar surface area (TPSA) is 38.8 Å². The second-order valence-corrected chi connectivity index (χ2v) is 5.55. The van der Waals surface area contributed by atoms with Gasteiger partial charge < -0.3 is 9.47 Å². The minimum absolute atomic E-state index is 0.101. The lowest BCUT2D eigenvalue weighted by Crippen LogP contribution is -2.52. The summed E-state index contributed by atoms with van der Waals surface area (Å²) in [6, 6.07) is 0. The molecule has 0 aliphatic carbocycles. The molecule has 3 saturated heterocycles. The number of ether oxygens (including phenoxy) is 2. The molecule has 0 amide bonds. The fraction of sp³-hybridized carbons (Fsp3) is 0.500. The van der Waals surface area contributed by atoms with Crippen molar-refractivity contribution in [3.8, 4) is 5.75 Å². The third-order valence-electron chi connectivity index (χ3n) is 4.20. The molecule has 9 heteroatoms. The Labute approximate surface area is 127 Å². The number of nitrogens with zero attached hydrogens (tertiary/aromatic N) is 1. The molecule has 1 aromatic rings. The zero-order chi connectivity index (χ0) is 16.7. The lowest BCUT2D eigenvalue weighted by atomic mass is 9.86. The zero-order valence-electron chi connectivity index (χ0n) is 11.8. The summed E-state index contributed by atoms with van der Waals surface area (Å²) in [5, 5.41) is 0. The zero-order valence-corrected chi connectivity index (χ0v) is 11.8. The molecule has 2 bridgehead atoms. The molecule has 23 heavy (non-hydrogen) atoms. The summed E-state index contributed by atoms with van der Waals surface area (Å²) < 4.78 is 75.0. The van der Waals surface area contributed by atoms with E-state index in [1.54, 1.807) is 0 Å². The van der Waals surface area contributed by atoms with Crippen LogP contribution in [0.25, 0.3) is 0 Å². The van der Waals surface area contributed by atoms with Crippen LogP contribution in [0.2, 0.25) is 0 Å². The number of halogens is 5. The van der Waals surface area contributed by atoms with Crippen molar-refractivity contribution in [1.29, 1.82) is 0 Å². The van der Waals surface area contributed by atoms with Crippen molar-refractivity contribution in [2.75, 3.05) is 19.6 Å². The molecule has 3 fully saturated rings. The van der Waals surface area contributed by atoms with Crippen molar-refractivity contribution in [2.24, 2.45) is 5.92 Å². The van der Waals surface area contributed by atoms with E-state index >= 15 is 0 Å². The number of carbonyl (C=O) groups is 1. The third kappa shape index (κ3) is 2.85. The van der Waals surface area contributed by atoms with Gasteiger partial charge in [-0.1, -0.05) is 0 Å². The Hall–Kier alpha value is -1.90. The largest absolute Gasteiger partial charge is 0.514 e. The van der Waals surface area contributed by atoms with E-state index in [1.807, 2.05) is 0 Å². The summed E-state index contributed by atoms with van der Waals surface area (Å²) in [5.74, 6) is -12.7. The molecule has 3 aliphatic heterocycles. The summed E-state index contributed by atoms with van der Waals surface area (Å²) in [4.78, 5) is 13.7. The number of hydrogen-bond donors (Lipinski definition) is 0. The van der Waals surface area contributed by atoms with Gasteiger partial charge in [0.05, 0.1) is 0 Å². The molecule has 3 heterocycles. The predicted molar refractivity (Wildman–Crippen MR) is 66.3 cm³/mol. The van der Waals surface area contributed by atoms with Crippen LogP contribution >= 0.6 is 0 Å². The molecule has 0 N–H and O–H groups in total. The van der Waals surface area contributed by atoms with E-state index in [-0.39, 0.29) is 5.92 Å². The Bertz CT molecular complexity index is 617. The number of piperidine rings is 3. The standard InChI is InChI=1S/C14H12F5NO3/c15-8-9(16)11(18)13(12(19)10(8)17)23-14(21)22-7-5-20-3-1-6(7)2-4-20/h6-7H,1-5H2. The summed E-state index contributed by atoms with van der Waals surface area (Å²) in [7, 11) is 0. The van der Waals surface area contributed by atoms with Gasteiger partial charge in [0, 0.05) is 6.54 Å². The first-order chi connectivity index (χ1) is 10.9. The molecule has 1 aromatic carbocycles. The minimum Gasteiger partial charge on any atom is -0.429 e. The van der Waals surface area contributed by atoms with Crippen LogP contribution in [0, 0.1) is 35.0 Å². The van der Waals surface area contributed by atoms with Crippen LogP contribution in [-0.2, 0) is 4.74 Å². The van der Waals surface area contributed by atoms with Crippen LogP contribution < -0.4 is 4.74 Å². The van der Waals surface area contributed by atoms with Crippen molar-refractivity contribution < 1.29 is 36.2 Å². The molecule has 0 radical (unpaired) electrons. The smallest absolute Gasteiger partial charge is 0.429 e. The molecule has 4 nitrogen and oxygen atoms in total. The first-order valence-electron chi connectivity index (χ1n) is 7.00. The Balaban J connectivity index is 1.73. The number of rotatable bonds is 2. The highest BCUT2D eigenvalue weighted by molar-refractivity contribution is 5.64. The van der Waals surface area contributed by atoms with Crippen LogP contribution in [0.3, 0.4) is 0 Å². The molecule has 126 valence electrons. The minimum atomic E-state index is -2.32. The number of fused-ring (bicyclic) bond motifs is 3. The molecule has 1 unspecified atom stereocenters. The first kappa shape index (κ1) is 16.0. The maximum atomic E-state index is 13.4. The van der Waals surface area contributed by atoms with E-state index < -0.39 is 47.1 Å². The predicted octanol–water partition coefficient (Wildman–Crippen LogP) is 2.99. The molecule has 4 rings (SSSR count). The van der Waals surface area contributed by atoms with Gasteiger partial charge in [0.2, 0.25) is 34.8 Å². The lowest BCUT2D eigenvalue weighted by Gasteiger charge is -2.43. The van der Waals surface area contributed by atoms with Gasteiger partial charge in [-0.25, -0.2) is 18.0 Å². The highest BCUT2D eigenvalue weighted by atomic mass is 19.2. The van der Waals surface area contributed by atoms with E-state index in [1.165, 1.54) is 0 Å². The monoisotopic (exact) mass is 337 g/mol. The van der Waals surface area contributed by atoms with Gasteiger partial charge in [0.25, 0.3) is 0 Å². The molecule has 0 saturated carbocycles. The Morgan fingerprint density at radius 3 is 1.91 bits per heavy atom. The van der Waals surface area contributed by atoms with Crippen LogP contribution in [0.15, 0.2) is 0 Å². The molecule has 0 spiro atoms. The van der Waals surface area contributed by atoms with Crippen molar-refractivity contribution in [3.63, 3.8) is 0 Å². The first-order valence-corrected chi connectivity index (χ1v) is 7.00. The van der Waals surface area contributed by atoms with E-state index in [4.69, 9.17) is 4.74 Å². The molecule has 1 atom stereocenters. The lowest BCUT2D eigenvalue weighted by molar-refractivity contribution is -0.0469. The van der Waals surface area contributed by atoms with Gasteiger partial charge in [0.15, 0.2) is 0 Å². The maximum Gasteiger partial charge on any atom is 0.514 e. The Kier molecular flexibility index (Phi) is 4.13. The number of carbonyl (C=O) groups excluding carboxylic acids is 1. The van der Waals surface area contributed by atoms with Crippen molar-refractivity contribution >= 4 is 6.16 Å².